The number of amides is 9. The van der Waals surface area contributed by atoms with Gasteiger partial charge < -0.3 is 56.3 Å². The quantitative estimate of drug-likeness (QED) is 0.0458. The van der Waals surface area contributed by atoms with E-state index in [2.05, 4.69) is 43.8 Å². The van der Waals surface area contributed by atoms with Crippen LogP contribution in [0.25, 0.3) is 0 Å². The number of likely N-dealkylation sites (tertiary alicyclic amines) is 1. The van der Waals surface area contributed by atoms with Gasteiger partial charge in [-0.05, 0) is 108 Å². The molecule has 2 aliphatic rings. The number of anilines is 1. The first kappa shape index (κ1) is 72.9. The van der Waals surface area contributed by atoms with E-state index in [1.165, 1.54) is 34.5 Å². The Hall–Kier alpha value is -7.31. The van der Waals surface area contributed by atoms with Crippen molar-refractivity contribution in [1.29, 1.82) is 0 Å². The molecule has 2 unspecified atom stereocenters. The van der Waals surface area contributed by atoms with Crippen LogP contribution in [-0.4, -0.2) is 168 Å². The highest BCUT2D eigenvalue weighted by atomic mass is 16.6. The van der Waals surface area contributed by atoms with Gasteiger partial charge in [-0.25, -0.2) is 9.48 Å². The second-order valence-corrected chi connectivity index (χ2v) is 23.3. The van der Waals surface area contributed by atoms with Gasteiger partial charge in [0.25, 0.3) is 0 Å². The largest absolute Gasteiger partial charge is 0.445 e. The molecule has 1 saturated carbocycles. The van der Waals surface area contributed by atoms with Gasteiger partial charge in [0.15, 0.2) is 0 Å². The molecule has 2 atom stereocenters. The smallest absolute Gasteiger partial charge is 0.409 e. The third kappa shape index (κ3) is 26.1. The first-order valence-corrected chi connectivity index (χ1v) is 30.1. The Kier molecular flexibility index (Phi) is 31.6. The summed E-state index contributed by atoms with van der Waals surface area (Å²) in [4.78, 5) is 118. The van der Waals surface area contributed by atoms with Gasteiger partial charge in [0.2, 0.25) is 47.3 Å². The second kappa shape index (κ2) is 37.3. The second-order valence-electron chi connectivity index (χ2n) is 23.3. The van der Waals surface area contributed by atoms with E-state index in [1.54, 1.807) is 73.5 Å². The molecule has 9 amide bonds. The first-order valence-electron chi connectivity index (χ1n) is 30.1. The monoisotopic (exact) mass is 1200 g/mol. The molecular weight excluding hydrogens is 1100 g/mol. The zero-order valence-corrected chi connectivity index (χ0v) is 53.0. The first-order chi connectivity index (χ1) is 40.8. The fourth-order valence-electron chi connectivity index (χ4n) is 9.07. The zero-order chi connectivity index (χ0) is 64.0. The fourth-order valence-corrected chi connectivity index (χ4v) is 9.07. The molecule has 5 rings (SSSR count). The molecule has 3 aromatic rings. The average molecular weight is 1200 g/mol. The molecule has 24 heteroatoms. The van der Waals surface area contributed by atoms with Crippen LogP contribution in [0.3, 0.4) is 0 Å². The highest BCUT2D eigenvalue weighted by molar-refractivity contribution is 6.03. The number of nitrogens with one attached hydrogen (secondary N) is 5. The number of ether oxygens (including phenoxy) is 3. The van der Waals surface area contributed by atoms with Crippen molar-refractivity contribution in [2.45, 2.75) is 157 Å². The molecule has 0 bridgehead atoms. The van der Waals surface area contributed by atoms with Gasteiger partial charge in [-0.2, -0.15) is 0 Å². The molecule has 1 aromatic heterocycles. The summed E-state index contributed by atoms with van der Waals surface area (Å²) in [7, 11) is 3.22. The van der Waals surface area contributed by atoms with E-state index in [0.29, 0.717) is 55.8 Å². The predicted octanol–water partition coefficient (Wildman–Crippen LogP) is 5.09. The van der Waals surface area contributed by atoms with Crippen LogP contribution in [-0.2, 0) is 77.7 Å². The molecule has 2 heterocycles. The number of likely N-dealkylation sites (N-methyl/N-ethyl adjacent to an activating group) is 2. The topological polar surface area (TPSA) is 308 Å². The highest BCUT2D eigenvalue weighted by Gasteiger charge is 2.41. The number of carbonyl (C=O) groups is 9. The van der Waals surface area contributed by atoms with Crippen LogP contribution in [0.15, 0.2) is 60.8 Å². The Labute approximate surface area is 508 Å². The molecule has 24 nitrogen and oxygen atoms in total. The molecule has 1 aliphatic heterocycles. The van der Waals surface area contributed by atoms with Gasteiger partial charge in [-0.3, -0.25) is 43.3 Å². The van der Waals surface area contributed by atoms with Crippen LogP contribution in [0, 0.1) is 23.7 Å². The van der Waals surface area contributed by atoms with Crippen LogP contribution in [0.5, 0.6) is 0 Å². The lowest BCUT2D eigenvalue weighted by Crippen LogP contribution is -2.50. The number of nitrogens with zero attached hydrogens (tertiary/aromatic N) is 6. The molecule has 478 valence electrons. The summed E-state index contributed by atoms with van der Waals surface area (Å²) >= 11 is 0. The van der Waals surface area contributed by atoms with Gasteiger partial charge >= 0.3 is 6.09 Å². The predicted molar refractivity (Wildman–Crippen MR) is 326 cm³/mol. The van der Waals surface area contributed by atoms with Gasteiger partial charge in [0, 0.05) is 77.6 Å². The molecule has 0 radical (unpaired) electrons. The fraction of sp³-hybridized carbons (Fsp3) is 0.629. The summed E-state index contributed by atoms with van der Waals surface area (Å²) in [6.07, 6.45) is 7.37. The van der Waals surface area contributed by atoms with Crippen molar-refractivity contribution in [3.8, 4) is 0 Å². The number of aromatic nitrogens is 3. The lowest BCUT2D eigenvalue weighted by molar-refractivity contribution is -0.141. The van der Waals surface area contributed by atoms with E-state index < -0.39 is 66.7 Å². The number of imide groups is 1. The summed E-state index contributed by atoms with van der Waals surface area (Å²) in [5.74, 6) is -2.63. The molecule has 1 saturated heterocycles. The molecule has 2 fully saturated rings. The van der Waals surface area contributed by atoms with Crippen LogP contribution in [0.4, 0.5) is 10.5 Å². The molecule has 86 heavy (non-hydrogen) atoms. The van der Waals surface area contributed by atoms with Crippen molar-refractivity contribution in [1.82, 2.24) is 51.0 Å². The van der Waals surface area contributed by atoms with E-state index in [4.69, 9.17) is 19.9 Å². The molecule has 2 aromatic carbocycles. The molecule has 7 N–H and O–H groups in total. The number of hydrogen-bond donors (Lipinski definition) is 6. The van der Waals surface area contributed by atoms with Crippen molar-refractivity contribution in [3.63, 3.8) is 0 Å². The van der Waals surface area contributed by atoms with Crippen LogP contribution >= 0.6 is 0 Å². The van der Waals surface area contributed by atoms with Gasteiger partial charge in [0.05, 0.1) is 37.0 Å². The number of unbranched alkanes of at least 4 members (excludes halogenated alkanes) is 1. The summed E-state index contributed by atoms with van der Waals surface area (Å²) < 4.78 is 18.7. The van der Waals surface area contributed by atoms with Crippen LogP contribution in [0.2, 0.25) is 0 Å². The molecule has 0 spiro atoms. The van der Waals surface area contributed by atoms with Crippen molar-refractivity contribution in [3.05, 3.63) is 77.6 Å². The van der Waals surface area contributed by atoms with Crippen molar-refractivity contribution in [2.24, 2.45) is 29.4 Å². The number of carbonyl (C=O) groups excluding carboxylic acids is 9. The summed E-state index contributed by atoms with van der Waals surface area (Å²) in [6.45, 7) is 20.5. The number of nitrogens with two attached hydrogens (primary N) is 1. The minimum Gasteiger partial charge on any atom is -0.445 e. The number of hydrogen-bond acceptors (Lipinski definition) is 15. The SMILES string of the molecule is CC.CC(=O)N(C)CCN(C)C(=O)OCc1ccc(NC(=O)CNC(=O)C(Cc2ccccc2)NC(=O)COCC(=O)NCCC(C)(C)OCC(C)(C)n2cc(CNC(=O)C3CCC(CN4C(=O)CC(C(C)C)C4=O)CC3)nn2)cc1.CCCCN. The molecule has 1 aliphatic carbocycles. The maximum atomic E-state index is 13.4. The van der Waals surface area contributed by atoms with E-state index >= 15 is 0 Å². The van der Waals surface area contributed by atoms with Crippen LogP contribution < -0.4 is 32.3 Å². The summed E-state index contributed by atoms with van der Waals surface area (Å²) in [5.41, 5.74) is 6.33. The third-order valence-corrected chi connectivity index (χ3v) is 14.8. The Morgan fingerprint density at radius 2 is 1.48 bits per heavy atom. The lowest BCUT2D eigenvalue weighted by Gasteiger charge is -2.32. The normalized spacial score (nSPS) is 16.1. The van der Waals surface area contributed by atoms with Crippen molar-refractivity contribution < 1.29 is 57.4 Å². The number of benzene rings is 2. The van der Waals surface area contributed by atoms with Crippen LogP contribution in [0.1, 0.15) is 137 Å². The Morgan fingerprint density at radius 3 is 2.08 bits per heavy atom. The standard InChI is InChI=1S/C56H81N11O12.C4H11N.C2H6/c1-37(2)45-28-50(72)66(53(45)75)31-40-15-19-42(20-16-40)51(73)58-29-44-32-67(63-62-44)55(4,5)36-79-56(6,7)23-24-57-48(70)34-77-35-49(71)61-46(27-39-13-11-10-12-14-39)52(74)59-30-47(69)60-43-21-17-41(18-22-43)33-78-54(76)65(9)26-25-64(8)38(3)68;1-2-3-4-5;1-2/h10-14,17-18,21-22,32,37,40,42,45-46H,15-16,19-20,23-31,33-36H2,1-9H3,(H,57,70)(H,58,73)(H,59,74)(H,60,69)(H,61,71);2-5H2,1H3;1-2H3. The lowest BCUT2D eigenvalue weighted by atomic mass is 9.81. The Morgan fingerprint density at radius 1 is 0.826 bits per heavy atom. The average Bonchev–Trinajstić information content (AvgIpc) is 2.41. The third-order valence-electron chi connectivity index (χ3n) is 14.8. The highest BCUT2D eigenvalue weighted by Crippen LogP contribution is 2.33. The van der Waals surface area contributed by atoms with Gasteiger partial charge in [-0.15, -0.1) is 5.10 Å². The van der Waals surface area contributed by atoms with Crippen molar-refractivity contribution >= 4 is 59.0 Å². The Bertz CT molecular complexity index is 2620. The zero-order valence-electron chi connectivity index (χ0n) is 53.0. The minimum atomic E-state index is -1.07. The van der Waals surface area contributed by atoms with E-state index in [-0.39, 0.29) is 86.4 Å². The maximum absolute atomic E-state index is 13.4. The van der Waals surface area contributed by atoms with E-state index in [1.807, 2.05) is 61.5 Å². The summed E-state index contributed by atoms with van der Waals surface area (Å²) in [6, 6.07) is 14.5. The van der Waals surface area contributed by atoms with Gasteiger partial charge in [0.1, 0.15) is 31.6 Å². The molecular formula is C62H98N12O12. The van der Waals surface area contributed by atoms with E-state index in [0.717, 1.165) is 24.9 Å². The Balaban J connectivity index is 0.00000262. The van der Waals surface area contributed by atoms with E-state index in [9.17, 15) is 43.2 Å². The maximum Gasteiger partial charge on any atom is 0.409 e. The van der Waals surface area contributed by atoms with Crippen molar-refractivity contribution in [2.75, 3.05) is 78.5 Å². The minimum absolute atomic E-state index is 0.0116. The summed E-state index contributed by atoms with van der Waals surface area (Å²) in [5, 5.41) is 22.3. The number of rotatable bonds is 31. The van der Waals surface area contributed by atoms with Gasteiger partial charge in [-0.1, -0.05) is 88.7 Å².